The van der Waals surface area contributed by atoms with Crippen molar-refractivity contribution < 1.29 is 21.6 Å². The van der Waals surface area contributed by atoms with Crippen molar-refractivity contribution in [1.29, 1.82) is 0 Å². The first-order valence-electron chi connectivity index (χ1n) is 9.39. The van der Waals surface area contributed by atoms with Crippen LogP contribution in [0.25, 0.3) is 0 Å². The highest BCUT2D eigenvalue weighted by Crippen LogP contribution is 2.45. The van der Waals surface area contributed by atoms with Crippen LogP contribution in [-0.2, 0) is 19.7 Å². The minimum atomic E-state index is -3.86. The second-order valence-electron chi connectivity index (χ2n) is 7.19. The average Bonchev–Trinajstić information content (AvgIpc) is 3.29. The van der Waals surface area contributed by atoms with Crippen LogP contribution in [0.1, 0.15) is 23.7 Å². The number of sulfone groups is 2. The van der Waals surface area contributed by atoms with Gasteiger partial charge in [0.25, 0.3) is 0 Å². The molecule has 0 aliphatic carbocycles. The molecule has 4 rings (SSSR count). The van der Waals surface area contributed by atoms with Gasteiger partial charge in [-0.25, -0.2) is 16.8 Å². The van der Waals surface area contributed by atoms with Crippen LogP contribution in [0.3, 0.4) is 0 Å². The monoisotopic (exact) mass is 421 g/mol. The molecule has 1 unspecified atom stereocenters. The lowest BCUT2D eigenvalue weighted by Crippen LogP contribution is -2.25. The predicted octanol–water partition coefficient (Wildman–Crippen LogP) is 2.46. The zero-order valence-electron chi connectivity index (χ0n) is 15.5. The van der Waals surface area contributed by atoms with Gasteiger partial charge in [0.1, 0.15) is 17.6 Å². The van der Waals surface area contributed by atoms with Crippen LogP contribution in [-0.4, -0.2) is 53.7 Å². The average molecular weight is 422 g/mol. The third kappa shape index (κ3) is 3.56. The van der Waals surface area contributed by atoms with Gasteiger partial charge in [-0.15, -0.1) is 0 Å². The van der Waals surface area contributed by atoms with Gasteiger partial charge in [-0.05, 0) is 50.2 Å². The number of likely N-dealkylation sites (tertiary alicyclic amines) is 1. The number of fused-ring (bicyclic) bond motifs is 1. The summed E-state index contributed by atoms with van der Waals surface area (Å²) in [5.74, 6) is -0.103. The summed E-state index contributed by atoms with van der Waals surface area (Å²) in [4.78, 5) is 2.48. The molecule has 28 heavy (non-hydrogen) atoms. The van der Waals surface area contributed by atoms with Crippen molar-refractivity contribution >= 4 is 19.7 Å². The molecular formula is C20H23NO5S2. The minimum Gasteiger partial charge on any atom is -0.492 e. The SMILES string of the molecule is O=S1(=O)CC(S(=O)(=O)c2ccccc2)c2c(OCCN3CCCC3)cccc21. The van der Waals surface area contributed by atoms with E-state index in [1.54, 1.807) is 30.3 Å². The summed E-state index contributed by atoms with van der Waals surface area (Å²) in [6, 6.07) is 12.7. The lowest BCUT2D eigenvalue weighted by atomic mass is 10.1. The Morgan fingerprint density at radius 2 is 1.71 bits per heavy atom. The van der Waals surface area contributed by atoms with Crippen LogP contribution >= 0.6 is 0 Å². The third-order valence-corrected chi connectivity index (χ3v) is 9.45. The Kier molecular flexibility index (Phi) is 5.20. The van der Waals surface area contributed by atoms with Crippen molar-refractivity contribution in [3.63, 3.8) is 0 Å². The van der Waals surface area contributed by atoms with E-state index in [-0.39, 0.29) is 15.4 Å². The maximum atomic E-state index is 13.2. The Morgan fingerprint density at radius 1 is 1.00 bits per heavy atom. The molecule has 2 heterocycles. The smallest absolute Gasteiger partial charge is 0.186 e. The highest BCUT2D eigenvalue weighted by atomic mass is 32.2. The molecule has 0 N–H and O–H groups in total. The number of hydrogen-bond acceptors (Lipinski definition) is 6. The van der Waals surface area contributed by atoms with E-state index in [4.69, 9.17) is 4.74 Å². The molecule has 6 nitrogen and oxygen atoms in total. The number of hydrogen-bond donors (Lipinski definition) is 0. The van der Waals surface area contributed by atoms with E-state index in [9.17, 15) is 16.8 Å². The van der Waals surface area contributed by atoms with Crippen LogP contribution in [0.5, 0.6) is 5.75 Å². The molecule has 2 aliphatic rings. The summed E-state index contributed by atoms with van der Waals surface area (Å²) < 4.78 is 57.6. The molecule has 2 aromatic rings. The van der Waals surface area contributed by atoms with Crippen molar-refractivity contribution in [3.05, 3.63) is 54.1 Å². The highest BCUT2D eigenvalue weighted by Gasteiger charge is 2.45. The zero-order chi connectivity index (χ0) is 19.8. The second-order valence-corrected chi connectivity index (χ2v) is 11.3. The molecule has 0 amide bonds. The van der Waals surface area contributed by atoms with Crippen LogP contribution < -0.4 is 4.74 Å². The van der Waals surface area contributed by atoms with Gasteiger partial charge in [0, 0.05) is 12.1 Å². The highest BCUT2D eigenvalue weighted by molar-refractivity contribution is 7.96. The predicted molar refractivity (Wildman–Crippen MR) is 106 cm³/mol. The summed E-state index contributed by atoms with van der Waals surface area (Å²) in [6.07, 6.45) is 2.35. The molecule has 0 radical (unpaired) electrons. The largest absolute Gasteiger partial charge is 0.492 e. The van der Waals surface area contributed by atoms with Crippen molar-refractivity contribution in [2.45, 2.75) is 27.9 Å². The van der Waals surface area contributed by atoms with Crippen LogP contribution in [0.2, 0.25) is 0 Å². The molecule has 1 atom stereocenters. The maximum absolute atomic E-state index is 13.2. The molecule has 1 saturated heterocycles. The fourth-order valence-electron chi connectivity index (χ4n) is 3.92. The Hall–Kier alpha value is -1.90. The molecule has 1 fully saturated rings. The maximum Gasteiger partial charge on any atom is 0.186 e. The van der Waals surface area contributed by atoms with E-state index in [0.29, 0.717) is 12.4 Å². The minimum absolute atomic E-state index is 0.0654. The standard InChI is InChI=1S/C20H23NO5S2/c22-27(23)15-19(28(24,25)16-7-2-1-3-8-16)20-17(9-6-10-18(20)27)26-14-13-21-11-4-5-12-21/h1-3,6-10,19H,4-5,11-15H2. The summed E-state index contributed by atoms with van der Waals surface area (Å²) in [6.45, 7) is 3.21. The summed E-state index contributed by atoms with van der Waals surface area (Å²) in [7, 11) is -7.53. The quantitative estimate of drug-likeness (QED) is 0.713. The van der Waals surface area contributed by atoms with Crippen LogP contribution in [0.15, 0.2) is 58.3 Å². The van der Waals surface area contributed by atoms with Crippen molar-refractivity contribution in [1.82, 2.24) is 4.90 Å². The van der Waals surface area contributed by atoms with E-state index < -0.39 is 30.7 Å². The van der Waals surface area contributed by atoms with Gasteiger partial charge in [0.05, 0.1) is 15.5 Å². The topological polar surface area (TPSA) is 80.8 Å². The fourth-order valence-corrected chi connectivity index (χ4v) is 8.28. The number of rotatable bonds is 6. The molecule has 0 bridgehead atoms. The first kappa shape index (κ1) is 19.4. The molecule has 0 spiro atoms. The van der Waals surface area contributed by atoms with Gasteiger partial charge >= 0.3 is 0 Å². The summed E-state index contributed by atoms with van der Waals surface area (Å²) in [5, 5.41) is -1.15. The number of ether oxygens (including phenoxy) is 1. The Labute approximate surface area is 166 Å². The van der Waals surface area contributed by atoms with Gasteiger partial charge in [0.2, 0.25) is 0 Å². The lowest BCUT2D eigenvalue weighted by molar-refractivity contribution is 0.236. The van der Waals surface area contributed by atoms with Gasteiger partial charge in [-0.3, -0.25) is 4.90 Å². The Balaban J connectivity index is 1.68. The van der Waals surface area contributed by atoms with E-state index in [1.165, 1.54) is 31.0 Å². The molecular weight excluding hydrogens is 398 g/mol. The van der Waals surface area contributed by atoms with Crippen molar-refractivity contribution in [2.75, 3.05) is 32.0 Å². The normalized spacial score (nSPS) is 21.5. The van der Waals surface area contributed by atoms with Crippen LogP contribution in [0, 0.1) is 0 Å². The first-order chi connectivity index (χ1) is 13.4. The summed E-state index contributed by atoms with van der Waals surface area (Å²) >= 11 is 0. The van der Waals surface area contributed by atoms with Crippen molar-refractivity contribution in [3.8, 4) is 5.75 Å². The molecule has 2 aromatic carbocycles. The van der Waals surface area contributed by atoms with E-state index in [2.05, 4.69) is 4.90 Å². The zero-order valence-corrected chi connectivity index (χ0v) is 17.1. The second kappa shape index (κ2) is 7.50. The van der Waals surface area contributed by atoms with Gasteiger partial charge in [0.15, 0.2) is 19.7 Å². The molecule has 0 saturated carbocycles. The van der Waals surface area contributed by atoms with Gasteiger partial charge in [-0.1, -0.05) is 24.3 Å². The Morgan fingerprint density at radius 3 is 2.43 bits per heavy atom. The lowest BCUT2D eigenvalue weighted by Gasteiger charge is -2.18. The number of benzene rings is 2. The third-order valence-electron chi connectivity index (χ3n) is 5.36. The fraction of sp³-hybridized carbons (Fsp3) is 0.400. The van der Waals surface area contributed by atoms with E-state index in [1.807, 2.05) is 0 Å². The Bertz CT molecular complexity index is 1060. The number of nitrogens with zero attached hydrogens (tertiary/aromatic N) is 1. The first-order valence-corrected chi connectivity index (χ1v) is 12.6. The van der Waals surface area contributed by atoms with E-state index in [0.717, 1.165) is 19.6 Å². The van der Waals surface area contributed by atoms with E-state index >= 15 is 0 Å². The van der Waals surface area contributed by atoms with Crippen LogP contribution in [0.4, 0.5) is 0 Å². The van der Waals surface area contributed by atoms with Gasteiger partial charge < -0.3 is 4.74 Å². The van der Waals surface area contributed by atoms with Crippen molar-refractivity contribution in [2.24, 2.45) is 0 Å². The van der Waals surface area contributed by atoms with Gasteiger partial charge in [-0.2, -0.15) is 0 Å². The molecule has 2 aliphatic heterocycles. The molecule has 150 valence electrons. The summed E-state index contributed by atoms with van der Waals surface area (Å²) in [5.41, 5.74) is 0.271. The molecule has 0 aromatic heterocycles. The molecule has 8 heteroatoms.